The molecular formula is C23H19ClF2N2O4. The molecule has 0 bridgehead atoms. The number of rotatable bonds is 6. The summed E-state index contributed by atoms with van der Waals surface area (Å²) >= 11 is 5.70. The SMILES string of the molecule is [2H]C1C[C@]([2H])(N2Cc3cc(C([2H])([2H])CC(=O)C(F)(F)c4ccc(Cl)cc4)ccc3C2=O)C(=O)N([2H])C1=O. The highest BCUT2D eigenvalue weighted by molar-refractivity contribution is 6.30. The van der Waals surface area contributed by atoms with Gasteiger partial charge in [0.25, 0.3) is 5.91 Å². The van der Waals surface area contributed by atoms with E-state index in [4.69, 9.17) is 18.5 Å². The van der Waals surface area contributed by atoms with Crippen molar-refractivity contribution >= 4 is 35.1 Å². The van der Waals surface area contributed by atoms with E-state index in [1.54, 1.807) is 0 Å². The van der Waals surface area contributed by atoms with Gasteiger partial charge in [-0.05, 0) is 42.1 Å². The maximum Gasteiger partial charge on any atom is 0.330 e. The molecule has 32 heavy (non-hydrogen) atoms. The highest BCUT2D eigenvalue weighted by Crippen LogP contribution is 2.32. The molecule has 0 aromatic heterocycles. The second-order valence-corrected chi connectivity index (χ2v) is 7.67. The molecule has 1 saturated heterocycles. The van der Waals surface area contributed by atoms with Crippen molar-refractivity contribution in [1.29, 1.82) is 0 Å². The average molecular weight is 466 g/mol. The van der Waals surface area contributed by atoms with E-state index in [1.165, 1.54) is 24.3 Å². The van der Waals surface area contributed by atoms with Gasteiger partial charge < -0.3 is 4.90 Å². The van der Waals surface area contributed by atoms with Crippen molar-refractivity contribution in [3.05, 3.63) is 69.7 Å². The Balaban J connectivity index is 1.58. The predicted octanol–water partition coefficient (Wildman–Crippen LogP) is 3.39. The number of benzene rings is 2. The first-order valence-electron chi connectivity index (χ1n) is 12.0. The molecule has 0 saturated carbocycles. The molecule has 2 aromatic rings. The van der Waals surface area contributed by atoms with E-state index < -0.39 is 66.6 Å². The number of carbonyl (C=O) groups excluding carboxylic acids is 4. The van der Waals surface area contributed by atoms with Crippen LogP contribution in [0.5, 0.6) is 0 Å². The summed E-state index contributed by atoms with van der Waals surface area (Å²) < 4.78 is 69.9. The predicted molar refractivity (Wildman–Crippen MR) is 111 cm³/mol. The standard InChI is InChI=1S/C23H19ClF2N2O4/c24-16-5-3-15(4-6-16)23(25,26)19(29)9-2-13-1-7-17-14(11-13)12-28(22(17)32)18-8-10-20(30)27-21(18)31/h1,3-7,11,18H,2,8-10,12H2,(H,27,30,31)/t18-/m0/s1/i2D2,10D,18D/hD/t10?,18-. The van der Waals surface area contributed by atoms with Crippen molar-refractivity contribution in [1.82, 2.24) is 10.2 Å². The first-order chi connectivity index (χ1) is 17.1. The van der Waals surface area contributed by atoms with Crippen molar-refractivity contribution in [2.75, 3.05) is 0 Å². The number of amides is 3. The molecule has 2 atom stereocenters. The third-order valence-electron chi connectivity index (χ3n) is 5.17. The fourth-order valence-corrected chi connectivity index (χ4v) is 3.60. The molecule has 2 aliphatic heterocycles. The summed E-state index contributed by atoms with van der Waals surface area (Å²) in [7, 11) is 0. The zero-order valence-corrected chi connectivity index (χ0v) is 17.2. The van der Waals surface area contributed by atoms with Crippen LogP contribution in [-0.4, -0.2) is 34.4 Å². The third kappa shape index (κ3) is 4.14. The van der Waals surface area contributed by atoms with E-state index in [9.17, 15) is 28.0 Å². The molecule has 3 amide bonds. The Morgan fingerprint density at radius 2 is 2.00 bits per heavy atom. The van der Waals surface area contributed by atoms with E-state index in [1.807, 2.05) is 0 Å². The molecule has 1 N–H and O–H groups in total. The van der Waals surface area contributed by atoms with Gasteiger partial charge in [-0.1, -0.05) is 35.9 Å². The van der Waals surface area contributed by atoms with Crippen molar-refractivity contribution in [3.8, 4) is 0 Å². The average Bonchev–Trinajstić information content (AvgIpc) is 3.18. The van der Waals surface area contributed by atoms with E-state index in [0.717, 1.165) is 23.1 Å². The van der Waals surface area contributed by atoms with E-state index in [-0.39, 0.29) is 33.6 Å². The minimum Gasteiger partial charge on any atom is -0.322 e. The lowest BCUT2D eigenvalue weighted by Crippen LogP contribution is -2.52. The van der Waals surface area contributed by atoms with Gasteiger partial charge in [-0.15, -0.1) is 0 Å². The van der Waals surface area contributed by atoms with E-state index in [2.05, 4.69) is 0 Å². The van der Waals surface area contributed by atoms with Gasteiger partial charge in [0.15, 0.2) is 1.41 Å². The maximum atomic E-state index is 14.7. The number of carbonyl (C=O) groups is 4. The van der Waals surface area contributed by atoms with Crippen LogP contribution in [0.2, 0.25) is 6.43 Å². The van der Waals surface area contributed by atoms with Crippen molar-refractivity contribution in [3.63, 3.8) is 0 Å². The Morgan fingerprint density at radius 1 is 1.28 bits per heavy atom. The molecule has 0 aliphatic carbocycles. The fourth-order valence-electron chi connectivity index (χ4n) is 3.47. The molecule has 1 unspecified atom stereocenters. The van der Waals surface area contributed by atoms with Crippen LogP contribution < -0.4 is 5.31 Å². The second kappa shape index (κ2) is 8.43. The van der Waals surface area contributed by atoms with Crippen LogP contribution in [0.25, 0.3) is 0 Å². The van der Waals surface area contributed by atoms with Crippen LogP contribution in [0.4, 0.5) is 8.78 Å². The van der Waals surface area contributed by atoms with Gasteiger partial charge in [-0.3, -0.25) is 24.5 Å². The lowest BCUT2D eigenvalue weighted by Gasteiger charge is -2.29. The summed E-state index contributed by atoms with van der Waals surface area (Å²) in [6, 6.07) is 5.46. The Bertz CT molecular complexity index is 1330. The number of piperidine rings is 1. The van der Waals surface area contributed by atoms with Gasteiger partial charge in [0.2, 0.25) is 17.6 Å². The number of nitrogens with zero attached hydrogens (tertiary/aromatic N) is 1. The van der Waals surface area contributed by atoms with Crippen LogP contribution in [-0.2, 0) is 33.2 Å². The number of halogens is 3. The number of imide groups is 1. The van der Waals surface area contributed by atoms with Gasteiger partial charge in [0, 0.05) is 39.6 Å². The number of nitrogens with one attached hydrogen (secondary N) is 1. The number of alkyl halides is 2. The monoisotopic (exact) mass is 465 g/mol. The Labute approximate surface area is 194 Å². The minimum absolute atomic E-state index is 0.00626. The fraction of sp³-hybridized carbons (Fsp3) is 0.304. The number of hydrogen-bond donors (Lipinski definition) is 1. The molecule has 0 spiro atoms. The molecule has 2 aliphatic rings. The minimum atomic E-state index is -3.98. The van der Waals surface area contributed by atoms with E-state index >= 15 is 0 Å². The number of ketones is 1. The lowest BCUT2D eigenvalue weighted by molar-refractivity contribution is -0.144. The van der Waals surface area contributed by atoms with Crippen LogP contribution >= 0.6 is 11.6 Å². The summed E-state index contributed by atoms with van der Waals surface area (Å²) in [5, 5.41) is 0.0785. The Morgan fingerprint density at radius 3 is 2.72 bits per heavy atom. The first kappa shape index (κ1) is 16.5. The van der Waals surface area contributed by atoms with Gasteiger partial charge in [0.05, 0.1) is 1.37 Å². The van der Waals surface area contributed by atoms with Crippen LogP contribution in [0.1, 0.15) is 51.8 Å². The highest BCUT2D eigenvalue weighted by atomic mass is 35.5. The highest BCUT2D eigenvalue weighted by Gasteiger charge is 2.41. The van der Waals surface area contributed by atoms with E-state index in [0.29, 0.717) is 0 Å². The first-order valence-corrected chi connectivity index (χ1v) is 9.89. The smallest absolute Gasteiger partial charge is 0.322 e. The van der Waals surface area contributed by atoms with Crippen LogP contribution in [0.15, 0.2) is 42.5 Å². The van der Waals surface area contributed by atoms with Crippen molar-refractivity contribution in [2.24, 2.45) is 0 Å². The quantitative estimate of drug-likeness (QED) is 0.663. The van der Waals surface area contributed by atoms with Crippen molar-refractivity contribution in [2.45, 2.75) is 44.1 Å². The largest absolute Gasteiger partial charge is 0.330 e. The second-order valence-electron chi connectivity index (χ2n) is 7.23. The summed E-state index contributed by atoms with van der Waals surface area (Å²) in [5.41, 5.74) is -0.643. The molecule has 6 nitrogen and oxygen atoms in total. The molecular weight excluding hydrogens is 442 g/mol. The number of fused-ring (bicyclic) bond motifs is 1. The van der Waals surface area contributed by atoms with Gasteiger partial charge in [-0.25, -0.2) is 0 Å². The normalized spacial score (nSPS) is 26.2. The summed E-state index contributed by atoms with van der Waals surface area (Å²) in [4.78, 5) is 50.5. The number of hydrogen-bond acceptors (Lipinski definition) is 4. The summed E-state index contributed by atoms with van der Waals surface area (Å²) in [6.45, 7) is -0.378. The third-order valence-corrected chi connectivity index (χ3v) is 5.43. The zero-order valence-electron chi connectivity index (χ0n) is 21.4. The van der Waals surface area contributed by atoms with Gasteiger partial charge >= 0.3 is 5.92 Å². The molecule has 1 fully saturated rings. The zero-order chi connectivity index (χ0) is 27.5. The topological polar surface area (TPSA) is 83.6 Å². The maximum absolute atomic E-state index is 14.7. The lowest BCUT2D eigenvalue weighted by atomic mass is 9.97. The number of aryl methyl sites for hydroxylation is 1. The van der Waals surface area contributed by atoms with Crippen LogP contribution in [0.3, 0.4) is 0 Å². The molecule has 166 valence electrons. The molecule has 0 radical (unpaired) electrons. The van der Waals surface area contributed by atoms with Crippen LogP contribution in [0, 0.1) is 0 Å². The van der Waals surface area contributed by atoms with Gasteiger partial charge in [0.1, 0.15) is 6.02 Å². The van der Waals surface area contributed by atoms with Gasteiger partial charge in [-0.2, -0.15) is 8.78 Å². The number of Topliss-reactive ketones (excluding diaryl/α,β-unsaturated/α-hetero) is 1. The summed E-state index contributed by atoms with van der Waals surface area (Å²) in [6.07, 6.45) is -6.01. The molecule has 2 heterocycles. The van der Waals surface area contributed by atoms with Crippen molar-refractivity contribution < 1.29 is 34.9 Å². The summed E-state index contributed by atoms with van der Waals surface area (Å²) in [5.74, 6) is -8.86. The molecule has 2 aromatic carbocycles. The molecule has 9 heteroatoms. The molecule has 4 rings (SSSR count). The Kier molecular flexibility index (Phi) is 4.34. The Hall–Kier alpha value is -3.13.